The highest BCUT2D eigenvalue weighted by molar-refractivity contribution is 4.65. The highest BCUT2D eigenvalue weighted by Gasteiger charge is 2.24. The normalized spacial score (nSPS) is 38.2. The van der Waals surface area contributed by atoms with Crippen molar-refractivity contribution in [3.63, 3.8) is 0 Å². The van der Waals surface area contributed by atoms with Crippen molar-refractivity contribution in [1.29, 1.82) is 0 Å². The summed E-state index contributed by atoms with van der Waals surface area (Å²) in [7, 11) is 0. The number of hydrogen-bond acceptors (Lipinski definition) is 0. The monoisotopic (exact) mass is 114 g/mol. The summed E-state index contributed by atoms with van der Waals surface area (Å²) in [6.45, 7) is 5.99. The number of nitrogens with two attached hydrogens (primary N) is 1. The van der Waals surface area contributed by atoms with Crippen LogP contribution in [0, 0.1) is 5.92 Å². The first-order valence-electron chi connectivity index (χ1n) is 3.68. The Morgan fingerprint density at radius 2 is 2.38 bits per heavy atom. The molecule has 1 saturated heterocycles. The molecule has 1 heteroatoms. The lowest BCUT2D eigenvalue weighted by molar-refractivity contribution is -0.669. The van der Waals surface area contributed by atoms with E-state index in [-0.39, 0.29) is 0 Å². The second-order valence-corrected chi connectivity index (χ2v) is 2.84. The Labute approximate surface area is 51.5 Å². The van der Waals surface area contributed by atoms with Crippen molar-refractivity contribution in [2.45, 2.75) is 32.7 Å². The summed E-state index contributed by atoms with van der Waals surface area (Å²) >= 11 is 0. The third-order valence-electron chi connectivity index (χ3n) is 2.34. The molecule has 1 aliphatic heterocycles. The van der Waals surface area contributed by atoms with E-state index in [1.54, 1.807) is 0 Å². The van der Waals surface area contributed by atoms with Gasteiger partial charge in [-0.2, -0.15) is 0 Å². The topological polar surface area (TPSA) is 16.6 Å². The van der Waals surface area contributed by atoms with Gasteiger partial charge in [0.15, 0.2) is 0 Å². The highest BCUT2D eigenvalue weighted by atomic mass is 14.9. The number of hydrogen-bond donors (Lipinski definition) is 1. The molecule has 1 nitrogen and oxygen atoms in total. The molecule has 0 aromatic heterocycles. The van der Waals surface area contributed by atoms with Crippen LogP contribution in [0.3, 0.4) is 0 Å². The van der Waals surface area contributed by atoms with Crippen LogP contribution in [-0.4, -0.2) is 12.6 Å². The summed E-state index contributed by atoms with van der Waals surface area (Å²) in [5.74, 6) is 1.01. The van der Waals surface area contributed by atoms with Crippen LogP contribution in [0.4, 0.5) is 0 Å². The van der Waals surface area contributed by atoms with Gasteiger partial charge in [-0.25, -0.2) is 0 Å². The highest BCUT2D eigenvalue weighted by Crippen LogP contribution is 2.12. The van der Waals surface area contributed by atoms with Crippen LogP contribution in [0.1, 0.15) is 26.7 Å². The Morgan fingerprint density at radius 3 is 2.62 bits per heavy atom. The van der Waals surface area contributed by atoms with Crippen LogP contribution < -0.4 is 5.32 Å². The van der Waals surface area contributed by atoms with Gasteiger partial charge in [-0.1, -0.05) is 6.92 Å². The molecular formula is C7H16N+. The van der Waals surface area contributed by atoms with Gasteiger partial charge in [-0.15, -0.1) is 0 Å². The average molecular weight is 114 g/mol. The molecule has 1 fully saturated rings. The van der Waals surface area contributed by atoms with E-state index in [1.807, 2.05) is 0 Å². The van der Waals surface area contributed by atoms with Crippen LogP contribution in [0.5, 0.6) is 0 Å². The molecule has 2 N–H and O–H groups in total. The van der Waals surface area contributed by atoms with E-state index >= 15 is 0 Å². The van der Waals surface area contributed by atoms with E-state index in [0.717, 1.165) is 12.0 Å². The third-order valence-corrected chi connectivity index (χ3v) is 2.34. The molecule has 1 heterocycles. The van der Waals surface area contributed by atoms with E-state index in [1.165, 1.54) is 19.4 Å². The Bertz CT molecular complexity index is 70.8. The molecule has 0 aromatic rings. The first-order valence-corrected chi connectivity index (χ1v) is 3.68. The summed E-state index contributed by atoms with van der Waals surface area (Å²) in [6.07, 6.45) is 2.81. The van der Waals surface area contributed by atoms with E-state index < -0.39 is 0 Å². The van der Waals surface area contributed by atoms with Crippen LogP contribution in [0.25, 0.3) is 0 Å². The van der Waals surface area contributed by atoms with Crippen molar-refractivity contribution in [3.05, 3.63) is 0 Å². The van der Waals surface area contributed by atoms with Crippen molar-refractivity contribution in [3.8, 4) is 0 Å². The molecule has 1 rings (SSSR count). The largest absolute Gasteiger partial charge is 0.344 e. The summed E-state index contributed by atoms with van der Waals surface area (Å²) in [5.41, 5.74) is 0. The molecule has 0 aromatic carbocycles. The van der Waals surface area contributed by atoms with E-state index in [2.05, 4.69) is 19.2 Å². The lowest BCUT2D eigenvalue weighted by atomic mass is 10.00. The molecule has 0 saturated carbocycles. The predicted octanol–water partition coefficient (Wildman–Crippen LogP) is 0.368. The zero-order valence-electron chi connectivity index (χ0n) is 5.85. The maximum Gasteiger partial charge on any atom is 0.0861 e. The van der Waals surface area contributed by atoms with E-state index in [0.29, 0.717) is 0 Å². The standard InChI is InChI=1S/C7H15N/c1-3-7-4-5-8-6(7)2/h6-8H,3-5H2,1-2H3/p+1. The average Bonchev–Trinajstić information content (AvgIpc) is 2.14. The lowest BCUT2D eigenvalue weighted by Crippen LogP contribution is -2.86. The van der Waals surface area contributed by atoms with Crippen molar-refractivity contribution < 1.29 is 5.32 Å². The van der Waals surface area contributed by atoms with Gasteiger partial charge in [0.2, 0.25) is 0 Å². The molecule has 0 bridgehead atoms. The Kier molecular flexibility index (Phi) is 1.90. The summed E-state index contributed by atoms with van der Waals surface area (Å²) < 4.78 is 0. The minimum atomic E-state index is 0.903. The molecule has 0 amide bonds. The Balaban J connectivity index is 2.30. The van der Waals surface area contributed by atoms with Crippen LogP contribution in [0.15, 0.2) is 0 Å². The van der Waals surface area contributed by atoms with Gasteiger partial charge in [0.05, 0.1) is 12.6 Å². The zero-order valence-corrected chi connectivity index (χ0v) is 5.85. The van der Waals surface area contributed by atoms with E-state index in [4.69, 9.17) is 0 Å². The predicted molar refractivity (Wildman–Crippen MR) is 34.7 cm³/mol. The van der Waals surface area contributed by atoms with Crippen LogP contribution in [0.2, 0.25) is 0 Å². The van der Waals surface area contributed by atoms with Crippen LogP contribution in [-0.2, 0) is 0 Å². The van der Waals surface area contributed by atoms with Gasteiger partial charge in [0.25, 0.3) is 0 Å². The molecule has 1 aliphatic rings. The first kappa shape index (κ1) is 6.09. The fraction of sp³-hybridized carbons (Fsp3) is 1.00. The van der Waals surface area contributed by atoms with Crippen molar-refractivity contribution in [1.82, 2.24) is 0 Å². The fourth-order valence-corrected chi connectivity index (χ4v) is 1.60. The molecule has 48 valence electrons. The molecule has 0 radical (unpaired) electrons. The maximum atomic E-state index is 2.45. The maximum absolute atomic E-state index is 2.45. The minimum Gasteiger partial charge on any atom is -0.344 e. The Morgan fingerprint density at radius 1 is 1.62 bits per heavy atom. The first-order chi connectivity index (χ1) is 3.84. The van der Waals surface area contributed by atoms with Gasteiger partial charge in [-0.3, -0.25) is 0 Å². The molecule has 8 heavy (non-hydrogen) atoms. The number of rotatable bonds is 1. The second kappa shape index (κ2) is 2.49. The SMILES string of the molecule is CCC1CC[NH2+]C1C. The molecule has 0 aliphatic carbocycles. The minimum absolute atomic E-state index is 0.903. The van der Waals surface area contributed by atoms with Crippen molar-refractivity contribution in [2.75, 3.05) is 6.54 Å². The summed E-state index contributed by atoms with van der Waals surface area (Å²) in [6, 6.07) is 0.903. The molecular weight excluding hydrogens is 98.1 g/mol. The zero-order chi connectivity index (χ0) is 5.98. The van der Waals surface area contributed by atoms with Gasteiger partial charge in [0.1, 0.15) is 0 Å². The van der Waals surface area contributed by atoms with Crippen molar-refractivity contribution in [2.24, 2.45) is 5.92 Å². The lowest BCUT2D eigenvalue weighted by Gasteiger charge is -2.06. The summed E-state index contributed by atoms with van der Waals surface area (Å²) in [5, 5.41) is 2.45. The molecule has 2 unspecified atom stereocenters. The summed E-state index contributed by atoms with van der Waals surface area (Å²) in [4.78, 5) is 0. The third kappa shape index (κ3) is 1.03. The molecule has 0 spiro atoms. The van der Waals surface area contributed by atoms with Crippen molar-refractivity contribution >= 4 is 0 Å². The van der Waals surface area contributed by atoms with Crippen LogP contribution >= 0.6 is 0 Å². The number of quaternary nitrogens is 1. The van der Waals surface area contributed by atoms with Gasteiger partial charge >= 0.3 is 0 Å². The van der Waals surface area contributed by atoms with E-state index in [9.17, 15) is 0 Å². The fourth-order valence-electron chi connectivity index (χ4n) is 1.60. The van der Waals surface area contributed by atoms with Gasteiger partial charge in [0, 0.05) is 12.3 Å². The van der Waals surface area contributed by atoms with Gasteiger partial charge < -0.3 is 5.32 Å². The smallest absolute Gasteiger partial charge is 0.0861 e. The Hall–Kier alpha value is -0.0400. The second-order valence-electron chi connectivity index (χ2n) is 2.84. The van der Waals surface area contributed by atoms with Gasteiger partial charge in [-0.05, 0) is 13.3 Å². The quantitative estimate of drug-likeness (QED) is 0.507. The molecule has 2 atom stereocenters.